The predicted octanol–water partition coefficient (Wildman–Crippen LogP) is 4.36. The Bertz CT molecular complexity index is 1310. The fraction of sp³-hybridized carbons (Fsp3) is 0.333. The Hall–Kier alpha value is -3.49. The van der Waals surface area contributed by atoms with Crippen LogP contribution < -0.4 is 10.0 Å². The molecule has 0 aliphatic heterocycles. The molecular formula is C30H35N3O4S. The topological polar surface area (TPSA) is 95.6 Å². The molecule has 8 heteroatoms. The van der Waals surface area contributed by atoms with Gasteiger partial charge in [-0.15, -0.1) is 0 Å². The molecule has 1 aliphatic rings. The second-order valence-electron chi connectivity index (χ2n) is 9.65. The number of aryl methyl sites for hydroxylation is 1. The van der Waals surface area contributed by atoms with Crippen LogP contribution in [0, 0.1) is 0 Å². The van der Waals surface area contributed by atoms with Crippen LogP contribution in [0.4, 0.5) is 0 Å². The number of carbonyl (C=O) groups excluding carboxylic acids is 2. The normalized spacial score (nSPS) is 14.0. The van der Waals surface area contributed by atoms with Gasteiger partial charge in [-0.05, 0) is 54.5 Å². The van der Waals surface area contributed by atoms with E-state index in [0.29, 0.717) is 19.5 Å². The predicted molar refractivity (Wildman–Crippen MR) is 148 cm³/mol. The maximum Gasteiger partial charge on any atom is 0.247 e. The summed E-state index contributed by atoms with van der Waals surface area (Å²) in [6, 6.07) is 24.9. The van der Waals surface area contributed by atoms with E-state index in [-0.39, 0.29) is 29.2 Å². The quantitative estimate of drug-likeness (QED) is 0.341. The van der Waals surface area contributed by atoms with Gasteiger partial charge in [0.15, 0.2) is 0 Å². The Morgan fingerprint density at radius 3 is 2.13 bits per heavy atom. The molecule has 1 aliphatic carbocycles. The van der Waals surface area contributed by atoms with Crippen LogP contribution in [0.5, 0.6) is 0 Å². The third kappa shape index (κ3) is 7.52. The smallest absolute Gasteiger partial charge is 0.247 e. The molecule has 2 N–H and O–H groups in total. The molecule has 0 unspecified atom stereocenters. The van der Waals surface area contributed by atoms with Crippen LogP contribution in [-0.2, 0) is 32.6 Å². The molecule has 200 valence electrons. The fourth-order valence-electron chi connectivity index (χ4n) is 4.28. The van der Waals surface area contributed by atoms with E-state index < -0.39 is 16.1 Å². The van der Waals surface area contributed by atoms with Crippen molar-refractivity contribution < 1.29 is 18.0 Å². The number of rotatable bonds is 13. The lowest BCUT2D eigenvalue weighted by molar-refractivity contribution is -0.141. The molecule has 1 saturated carbocycles. The van der Waals surface area contributed by atoms with E-state index in [9.17, 15) is 18.0 Å². The Morgan fingerprint density at radius 2 is 1.53 bits per heavy atom. The largest absolute Gasteiger partial charge is 0.354 e. The van der Waals surface area contributed by atoms with Gasteiger partial charge in [0.05, 0.1) is 4.90 Å². The lowest BCUT2D eigenvalue weighted by Gasteiger charge is -2.32. The molecule has 2 amide bonds. The van der Waals surface area contributed by atoms with Crippen molar-refractivity contribution >= 4 is 21.8 Å². The number of amides is 2. The van der Waals surface area contributed by atoms with Crippen LogP contribution in [0.25, 0.3) is 0 Å². The zero-order valence-corrected chi connectivity index (χ0v) is 22.5. The molecular weight excluding hydrogens is 498 g/mol. The van der Waals surface area contributed by atoms with Gasteiger partial charge < -0.3 is 10.2 Å². The standard InChI is InChI=1S/C30H35N3O4S/c1-2-21-31-30(35)29(25-11-7-4-8-12-25)33(22-24-9-5-3-6-10-24)28(34)20-15-23-13-18-27(19-14-23)38(36,37)32-26-16-17-26/h3-14,18-19,26,29,32H,2,15-17,20-22H2,1H3,(H,31,35)/t29-/m0/s1. The molecule has 0 radical (unpaired) electrons. The van der Waals surface area contributed by atoms with Gasteiger partial charge in [-0.2, -0.15) is 0 Å². The van der Waals surface area contributed by atoms with Gasteiger partial charge in [-0.1, -0.05) is 79.7 Å². The summed E-state index contributed by atoms with van der Waals surface area (Å²) in [5.41, 5.74) is 2.54. The first-order valence-electron chi connectivity index (χ1n) is 13.1. The number of carbonyl (C=O) groups is 2. The first kappa shape index (κ1) is 27.5. The van der Waals surface area contributed by atoms with Gasteiger partial charge in [-0.3, -0.25) is 9.59 Å². The molecule has 0 aromatic heterocycles. The third-order valence-corrected chi connectivity index (χ3v) is 8.04. The number of sulfonamides is 1. The van der Waals surface area contributed by atoms with Crippen molar-refractivity contribution in [1.82, 2.24) is 14.9 Å². The fourth-order valence-corrected chi connectivity index (χ4v) is 5.58. The summed E-state index contributed by atoms with van der Waals surface area (Å²) in [5, 5.41) is 2.97. The van der Waals surface area contributed by atoms with Gasteiger partial charge in [-0.25, -0.2) is 13.1 Å². The summed E-state index contributed by atoms with van der Waals surface area (Å²) in [6.07, 6.45) is 3.16. The van der Waals surface area contributed by atoms with Crippen molar-refractivity contribution in [1.29, 1.82) is 0 Å². The van der Waals surface area contributed by atoms with Crippen molar-refractivity contribution in [2.75, 3.05) is 6.54 Å². The summed E-state index contributed by atoms with van der Waals surface area (Å²) in [7, 11) is -3.52. The Labute approximate surface area is 225 Å². The van der Waals surface area contributed by atoms with Crippen molar-refractivity contribution in [3.05, 3.63) is 102 Å². The van der Waals surface area contributed by atoms with Crippen LogP contribution in [0.2, 0.25) is 0 Å². The van der Waals surface area contributed by atoms with Crippen LogP contribution >= 0.6 is 0 Å². The third-order valence-electron chi connectivity index (χ3n) is 6.50. The molecule has 0 spiro atoms. The van der Waals surface area contributed by atoms with E-state index >= 15 is 0 Å². The van der Waals surface area contributed by atoms with Crippen molar-refractivity contribution in [3.63, 3.8) is 0 Å². The van der Waals surface area contributed by atoms with E-state index in [4.69, 9.17) is 0 Å². The molecule has 3 aromatic rings. The monoisotopic (exact) mass is 533 g/mol. The molecule has 4 rings (SSSR count). The molecule has 0 bridgehead atoms. The van der Waals surface area contributed by atoms with E-state index in [2.05, 4.69) is 10.0 Å². The first-order chi connectivity index (χ1) is 18.4. The number of benzene rings is 3. The molecule has 38 heavy (non-hydrogen) atoms. The van der Waals surface area contributed by atoms with Crippen LogP contribution in [-0.4, -0.2) is 37.7 Å². The van der Waals surface area contributed by atoms with Gasteiger partial charge >= 0.3 is 0 Å². The summed E-state index contributed by atoms with van der Waals surface area (Å²) < 4.78 is 27.6. The van der Waals surface area contributed by atoms with Gasteiger partial charge in [0.1, 0.15) is 6.04 Å². The zero-order valence-electron chi connectivity index (χ0n) is 21.7. The van der Waals surface area contributed by atoms with Gasteiger partial charge in [0, 0.05) is 25.6 Å². The minimum Gasteiger partial charge on any atom is -0.354 e. The number of hydrogen-bond donors (Lipinski definition) is 2. The SMILES string of the molecule is CCCNC(=O)[C@H](c1ccccc1)N(Cc1ccccc1)C(=O)CCc1ccc(S(=O)(=O)NC2CC2)cc1. The van der Waals surface area contributed by atoms with Crippen molar-refractivity contribution in [2.45, 2.75) is 62.6 Å². The molecule has 1 atom stereocenters. The highest BCUT2D eigenvalue weighted by Gasteiger charge is 2.31. The summed E-state index contributed by atoms with van der Waals surface area (Å²) in [6.45, 7) is 2.81. The summed E-state index contributed by atoms with van der Waals surface area (Å²) >= 11 is 0. The molecule has 0 heterocycles. The average Bonchev–Trinajstić information content (AvgIpc) is 3.75. The first-order valence-corrected chi connectivity index (χ1v) is 14.6. The lowest BCUT2D eigenvalue weighted by atomic mass is 10.0. The van der Waals surface area contributed by atoms with E-state index in [1.165, 1.54) is 0 Å². The second-order valence-corrected chi connectivity index (χ2v) is 11.4. The Kier molecular flexibility index (Phi) is 9.31. The van der Waals surface area contributed by atoms with Crippen molar-refractivity contribution in [3.8, 4) is 0 Å². The highest BCUT2D eigenvalue weighted by atomic mass is 32.2. The van der Waals surface area contributed by atoms with Gasteiger partial charge in [0.2, 0.25) is 21.8 Å². The van der Waals surface area contributed by atoms with E-state index in [1.54, 1.807) is 29.2 Å². The Morgan fingerprint density at radius 1 is 0.895 bits per heavy atom. The highest BCUT2D eigenvalue weighted by molar-refractivity contribution is 7.89. The minimum absolute atomic E-state index is 0.0417. The Balaban J connectivity index is 1.53. The molecule has 3 aromatic carbocycles. The summed E-state index contributed by atoms with van der Waals surface area (Å²) in [5.74, 6) is -0.360. The number of hydrogen-bond acceptors (Lipinski definition) is 4. The van der Waals surface area contributed by atoms with E-state index in [0.717, 1.165) is 36.0 Å². The maximum absolute atomic E-state index is 13.7. The van der Waals surface area contributed by atoms with Gasteiger partial charge in [0.25, 0.3) is 0 Å². The lowest BCUT2D eigenvalue weighted by Crippen LogP contribution is -2.43. The van der Waals surface area contributed by atoms with E-state index in [1.807, 2.05) is 67.6 Å². The molecule has 0 saturated heterocycles. The molecule has 1 fully saturated rings. The average molecular weight is 534 g/mol. The maximum atomic E-state index is 13.7. The second kappa shape index (κ2) is 12.8. The zero-order chi connectivity index (χ0) is 27.0. The van der Waals surface area contributed by atoms with Crippen LogP contribution in [0.15, 0.2) is 89.8 Å². The van der Waals surface area contributed by atoms with Crippen LogP contribution in [0.1, 0.15) is 55.3 Å². The number of nitrogens with one attached hydrogen (secondary N) is 2. The minimum atomic E-state index is -3.52. The summed E-state index contributed by atoms with van der Waals surface area (Å²) in [4.78, 5) is 28.9. The highest BCUT2D eigenvalue weighted by Crippen LogP contribution is 2.26. The van der Waals surface area contributed by atoms with Crippen molar-refractivity contribution in [2.24, 2.45) is 0 Å². The number of nitrogens with zero attached hydrogens (tertiary/aromatic N) is 1. The molecule has 7 nitrogen and oxygen atoms in total. The van der Waals surface area contributed by atoms with Crippen LogP contribution in [0.3, 0.4) is 0 Å².